The summed E-state index contributed by atoms with van der Waals surface area (Å²) in [7, 11) is 1.91. The van der Waals surface area contributed by atoms with Crippen molar-refractivity contribution in [3.63, 3.8) is 0 Å². The van der Waals surface area contributed by atoms with Gasteiger partial charge in [0.05, 0.1) is 22.8 Å². The van der Waals surface area contributed by atoms with Crippen LogP contribution in [0.5, 0.6) is 0 Å². The molecule has 1 N–H and O–H groups in total. The van der Waals surface area contributed by atoms with Gasteiger partial charge in [-0.25, -0.2) is 4.98 Å². The van der Waals surface area contributed by atoms with E-state index >= 15 is 0 Å². The van der Waals surface area contributed by atoms with Gasteiger partial charge in [0.25, 0.3) is 0 Å². The molecular weight excluding hydrogens is 310 g/mol. The van der Waals surface area contributed by atoms with Gasteiger partial charge in [-0.15, -0.1) is 0 Å². The number of hydrogen-bond donors (Lipinski definition) is 1. The maximum Gasteiger partial charge on any atom is 0.128 e. The number of pyridine rings is 1. The van der Waals surface area contributed by atoms with E-state index in [-0.39, 0.29) is 0 Å². The van der Waals surface area contributed by atoms with Gasteiger partial charge in [0.15, 0.2) is 0 Å². The highest BCUT2D eigenvalue weighted by molar-refractivity contribution is 6.31. The van der Waals surface area contributed by atoms with Crippen LogP contribution in [-0.2, 0) is 20.0 Å². The van der Waals surface area contributed by atoms with E-state index in [1.807, 2.05) is 24.0 Å². The van der Waals surface area contributed by atoms with Gasteiger partial charge in [-0.1, -0.05) is 18.5 Å². The third kappa shape index (κ3) is 3.13. The molecule has 0 radical (unpaired) electrons. The van der Waals surface area contributed by atoms with Gasteiger partial charge in [-0.3, -0.25) is 4.68 Å². The molecule has 116 valence electrons. The normalized spacial score (nSPS) is 10.7. The molecule has 0 bridgehead atoms. The van der Waals surface area contributed by atoms with Crippen LogP contribution in [0.3, 0.4) is 0 Å². The van der Waals surface area contributed by atoms with Crippen molar-refractivity contribution in [2.45, 2.75) is 19.9 Å². The molecule has 3 aromatic rings. The first kappa shape index (κ1) is 15.3. The van der Waals surface area contributed by atoms with E-state index in [0.717, 1.165) is 28.6 Å². The molecule has 0 atom stereocenters. The van der Waals surface area contributed by atoms with Crippen molar-refractivity contribution >= 4 is 28.3 Å². The van der Waals surface area contributed by atoms with Crippen molar-refractivity contribution in [1.29, 1.82) is 5.26 Å². The second-order valence-corrected chi connectivity index (χ2v) is 5.75. The van der Waals surface area contributed by atoms with E-state index < -0.39 is 0 Å². The number of halogens is 1. The number of benzene rings is 1. The van der Waals surface area contributed by atoms with Crippen LogP contribution in [0.1, 0.15) is 23.7 Å². The molecule has 2 heterocycles. The molecule has 0 aliphatic carbocycles. The summed E-state index contributed by atoms with van der Waals surface area (Å²) in [5, 5.41) is 18.4. The van der Waals surface area contributed by atoms with Crippen molar-refractivity contribution in [1.82, 2.24) is 14.8 Å². The van der Waals surface area contributed by atoms with Crippen molar-refractivity contribution in [2.75, 3.05) is 5.32 Å². The Bertz CT molecular complexity index is 907. The number of nitrogens with one attached hydrogen (secondary N) is 1. The number of aromatic nitrogens is 3. The van der Waals surface area contributed by atoms with Crippen LogP contribution in [0.15, 0.2) is 30.5 Å². The highest BCUT2D eigenvalue weighted by Gasteiger charge is 2.09. The predicted octanol–water partition coefficient (Wildman–Crippen LogP) is 3.67. The Morgan fingerprint density at radius 2 is 2.17 bits per heavy atom. The van der Waals surface area contributed by atoms with Crippen LogP contribution in [0.25, 0.3) is 10.9 Å². The second-order valence-electron chi connectivity index (χ2n) is 5.31. The number of nitrogens with zero attached hydrogens (tertiary/aromatic N) is 4. The third-order valence-electron chi connectivity index (χ3n) is 3.68. The van der Waals surface area contributed by atoms with Crippen molar-refractivity contribution < 1.29 is 0 Å². The molecule has 0 amide bonds. The number of nitriles is 1. The van der Waals surface area contributed by atoms with Crippen LogP contribution in [0.4, 0.5) is 5.82 Å². The summed E-state index contributed by atoms with van der Waals surface area (Å²) in [6.07, 6.45) is 2.88. The smallest absolute Gasteiger partial charge is 0.128 e. The Morgan fingerprint density at radius 3 is 2.91 bits per heavy atom. The molecule has 6 heteroatoms. The van der Waals surface area contributed by atoms with E-state index in [1.165, 1.54) is 0 Å². The van der Waals surface area contributed by atoms with Gasteiger partial charge in [0, 0.05) is 35.8 Å². The van der Waals surface area contributed by atoms with E-state index in [0.29, 0.717) is 22.9 Å². The van der Waals surface area contributed by atoms with Gasteiger partial charge in [0.2, 0.25) is 0 Å². The molecule has 0 unspecified atom stereocenters. The first-order chi connectivity index (χ1) is 11.1. The van der Waals surface area contributed by atoms with Crippen molar-refractivity contribution in [3.8, 4) is 6.07 Å². The molecule has 23 heavy (non-hydrogen) atoms. The molecule has 0 spiro atoms. The molecule has 0 aliphatic rings. The predicted molar refractivity (Wildman–Crippen MR) is 91.4 cm³/mol. The van der Waals surface area contributed by atoms with Gasteiger partial charge in [0.1, 0.15) is 5.82 Å². The first-order valence-corrected chi connectivity index (χ1v) is 7.74. The lowest BCUT2D eigenvalue weighted by Gasteiger charge is -2.08. The molecule has 0 saturated heterocycles. The molecule has 0 aliphatic heterocycles. The minimum absolute atomic E-state index is 0.557. The molecule has 1 aromatic carbocycles. The molecule has 5 nitrogen and oxygen atoms in total. The quantitative estimate of drug-likeness (QED) is 0.794. The van der Waals surface area contributed by atoms with Gasteiger partial charge in [-0.2, -0.15) is 10.4 Å². The summed E-state index contributed by atoms with van der Waals surface area (Å²) in [6, 6.07) is 9.32. The molecule has 0 saturated carbocycles. The summed E-state index contributed by atoms with van der Waals surface area (Å²) >= 11 is 6.00. The zero-order valence-electron chi connectivity index (χ0n) is 13.0. The third-order valence-corrected chi connectivity index (χ3v) is 3.91. The van der Waals surface area contributed by atoms with E-state index in [4.69, 9.17) is 11.6 Å². The van der Waals surface area contributed by atoms with Gasteiger partial charge in [-0.05, 0) is 30.7 Å². The highest BCUT2D eigenvalue weighted by atomic mass is 35.5. The largest absolute Gasteiger partial charge is 0.366 e. The standard InChI is InChI=1S/C17H16ClN5/c1-3-15-12(10-23(2)22-15)9-20-17-6-11(8-19)14-7-13(18)4-5-16(14)21-17/h4-7,10H,3,9H2,1-2H3,(H,20,21). The maximum atomic E-state index is 9.36. The number of anilines is 1. The number of rotatable bonds is 4. The van der Waals surface area contributed by atoms with Gasteiger partial charge >= 0.3 is 0 Å². The molecule has 0 fully saturated rings. The average molecular weight is 326 g/mol. The Kier molecular flexibility index (Phi) is 4.18. The monoisotopic (exact) mass is 325 g/mol. The van der Waals surface area contributed by atoms with Crippen LogP contribution in [0, 0.1) is 11.3 Å². The minimum Gasteiger partial charge on any atom is -0.366 e. The summed E-state index contributed by atoms with van der Waals surface area (Å²) in [5.41, 5.74) is 3.50. The van der Waals surface area contributed by atoms with Crippen molar-refractivity contribution in [3.05, 3.63) is 52.3 Å². The first-order valence-electron chi connectivity index (χ1n) is 7.36. The van der Waals surface area contributed by atoms with Crippen LogP contribution in [0.2, 0.25) is 5.02 Å². The fourth-order valence-electron chi connectivity index (χ4n) is 2.60. The zero-order chi connectivity index (χ0) is 16.4. The average Bonchev–Trinajstić information content (AvgIpc) is 2.92. The van der Waals surface area contributed by atoms with Crippen molar-refractivity contribution in [2.24, 2.45) is 7.05 Å². The second kappa shape index (κ2) is 6.27. The number of aryl methyl sites for hydroxylation is 2. The zero-order valence-corrected chi connectivity index (χ0v) is 13.7. The Hall–Kier alpha value is -2.58. The summed E-state index contributed by atoms with van der Waals surface area (Å²) < 4.78 is 1.81. The fraction of sp³-hybridized carbons (Fsp3) is 0.235. The lowest BCUT2D eigenvalue weighted by atomic mass is 10.1. The van der Waals surface area contributed by atoms with Crippen LogP contribution < -0.4 is 5.32 Å². The Morgan fingerprint density at radius 1 is 1.35 bits per heavy atom. The SMILES string of the molecule is CCc1nn(C)cc1CNc1cc(C#N)c2cc(Cl)ccc2n1. The van der Waals surface area contributed by atoms with Crippen LogP contribution >= 0.6 is 11.6 Å². The Balaban J connectivity index is 1.91. The minimum atomic E-state index is 0.557. The Labute approximate surface area is 139 Å². The maximum absolute atomic E-state index is 9.36. The van der Waals surface area contributed by atoms with E-state index in [9.17, 15) is 5.26 Å². The van der Waals surface area contributed by atoms with E-state index in [1.54, 1.807) is 18.2 Å². The lowest BCUT2D eigenvalue weighted by Crippen LogP contribution is -2.03. The summed E-state index contributed by atoms with van der Waals surface area (Å²) in [4.78, 5) is 4.55. The summed E-state index contributed by atoms with van der Waals surface area (Å²) in [6.45, 7) is 2.70. The van der Waals surface area contributed by atoms with Gasteiger partial charge < -0.3 is 5.32 Å². The number of fused-ring (bicyclic) bond motifs is 1. The lowest BCUT2D eigenvalue weighted by molar-refractivity contribution is 0.746. The number of hydrogen-bond acceptors (Lipinski definition) is 4. The summed E-state index contributed by atoms with van der Waals surface area (Å²) in [5.74, 6) is 0.669. The fourth-order valence-corrected chi connectivity index (χ4v) is 2.77. The topological polar surface area (TPSA) is 66.5 Å². The van der Waals surface area contributed by atoms with E-state index in [2.05, 4.69) is 28.4 Å². The molecule has 3 rings (SSSR count). The highest BCUT2D eigenvalue weighted by Crippen LogP contribution is 2.24. The molecule has 2 aromatic heterocycles. The molecular formula is C17H16ClN5. The van der Waals surface area contributed by atoms with Crippen LogP contribution in [-0.4, -0.2) is 14.8 Å².